The molecule has 2 heterocycles. The standard InChI is InChI=1S/C31H39N7O2/c1-2-3-4-5-10-28-32-29(19-22-11-13-23(14-12-22)20-30(39)40)38(35-28)21-24-15-17-25(18-16-24)26-8-6-7-9-27(26)31-33-36-37-34-31/h6-9,15-18,22-23H,2-5,10-14,19-21H2,1H3,(H,39,40)(H,33,34,36,37). The van der Waals surface area contributed by atoms with E-state index in [9.17, 15) is 4.79 Å². The molecule has 0 unspecified atom stereocenters. The molecule has 0 bridgehead atoms. The van der Waals surface area contributed by atoms with Crippen LogP contribution in [-0.4, -0.2) is 46.5 Å². The van der Waals surface area contributed by atoms with E-state index in [1.807, 2.05) is 18.2 Å². The number of hydrogen-bond acceptors (Lipinski definition) is 6. The highest BCUT2D eigenvalue weighted by molar-refractivity contribution is 5.80. The lowest BCUT2D eigenvalue weighted by Gasteiger charge is -2.27. The molecule has 9 nitrogen and oxygen atoms in total. The molecular formula is C31H39N7O2. The van der Waals surface area contributed by atoms with Crippen molar-refractivity contribution < 1.29 is 9.90 Å². The summed E-state index contributed by atoms with van der Waals surface area (Å²) in [6.07, 6.45) is 11.0. The predicted molar refractivity (Wildman–Crippen MR) is 153 cm³/mol. The molecule has 9 heteroatoms. The highest BCUT2D eigenvalue weighted by Crippen LogP contribution is 2.33. The lowest BCUT2D eigenvalue weighted by Crippen LogP contribution is -2.20. The van der Waals surface area contributed by atoms with Crippen LogP contribution >= 0.6 is 0 Å². The van der Waals surface area contributed by atoms with Crippen molar-refractivity contribution >= 4 is 5.97 Å². The second-order valence-electron chi connectivity index (χ2n) is 11.1. The second-order valence-corrected chi connectivity index (χ2v) is 11.1. The molecule has 2 N–H and O–H groups in total. The van der Waals surface area contributed by atoms with Crippen molar-refractivity contribution in [1.82, 2.24) is 35.4 Å². The number of hydrogen-bond donors (Lipinski definition) is 2. The second kappa shape index (κ2) is 13.5. The quantitative estimate of drug-likeness (QED) is 0.196. The molecule has 1 aliphatic rings. The van der Waals surface area contributed by atoms with Gasteiger partial charge in [0, 0.05) is 24.8 Å². The summed E-state index contributed by atoms with van der Waals surface area (Å²) in [5, 5.41) is 28.5. The number of aromatic nitrogens is 7. The van der Waals surface area contributed by atoms with Crippen molar-refractivity contribution in [3.8, 4) is 22.5 Å². The van der Waals surface area contributed by atoms with Crippen molar-refractivity contribution in [2.24, 2.45) is 11.8 Å². The summed E-state index contributed by atoms with van der Waals surface area (Å²) in [6, 6.07) is 16.7. The van der Waals surface area contributed by atoms with E-state index in [4.69, 9.17) is 15.2 Å². The number of benzene rings is 2. The van der Waals surface area contributed by atoms with E-state index in [-0.39, 0.29) is 0 Å². The summed E-state index contributed by atoms with van der Waals surface area (Å²) in [5.74, 6) is 2.81. The molecule has 5 rings (SSSR count). The maximum atomic E-state index is 11.1. The Morgan fingerprint density at radius 3 is 2.42 bits per heavy atom. The van der Waals surface area contributed by atoms with Gasteiger partial charge in [0.05, 0.1) is 6.54 Å². The van der Waals surface area contributed by atoms with E-state index in [0.717, 1.165) is 73.3 Å². The molecule has 1 saturated carbocycles. The first-order valence-corrected chi connectivity index (χ1v) is 14.7. The maximum absolute atomic E-state index is 11.1. The topological polar surface area (TPSA) is 122 Å². The minimum atomic E-state index is -0.680. The van der Waals surface area contributed by atoms with Crippen molar-refractivity contribution in [2.75, 3.05) is 0 Å². The monoisotopic (exact) mass is 541 g/mol. The first kappa shape index (κ1) is 27.7. The number of aryl methyl sites for hydroxylation is 1. The van der Waals surface area contributed by atoms with Gasteiger partial charge in [0.2, 0.25) is 0 Å². The van der Waals surface area contributed by atoms with E-state index in [2.05, 4.69) is 62.6 Å². The molecule has 0 spiro atoms. The summed E-state index contributed by atoms with van der Waals surface area (Å²) < 4.78 is 2.10. The van der Waals surface area contributed by atoms with Crippen LogP contribution in [0.4, 0.5) is 0 Å². The van der Waals surface area contributed by atoms with Crippen molar-refractivity contribution in [3.63, 3.8) is 0 Å². The number of rotatable bonds is 13. The maximum Gasteiger partial charge on any atom is 0.303 e. The molecule has 210 valence electrons. The van der Waals surface area contributed by atoms with Gasteiger partial charge in [-0.1, -0.05) is 74.7 Å². The summed E-state index contributed by atoms with van der Waals surface area (Å²) in [7, 11) is 0. The molecule has 2 aromatic carbocycles. The zero-order valence-corrected chi connectivity index (χ0v) is 23.3. The summed E-state index contributed by atoms with van der Waals surface area (Å²) >= 11 is 0. The Hall–Kier alpha value is -3.88. The number of carbonyl (C=O) groups is 1. The van der Waals surface area contributed by atoms with Gasteiger partial charge in [-0.05, 0) is 71.1 Å². The van der Waals surface area contributed by atoms with Crippen LogP contribution in [-0.2, 0) is 24.2 Å². The fourth-order valence-electron chi connectivity index (χ4n) is 5.84. The number of tetrazole rings is 1. The van der Waals surface area contributed by atoms with E-state index >= 15 is 0 Å². The first-order valence-electron chi connectivity index (χ1n) is 14.7. The number of carboxylic acid groups (broad SMARTS) is 1. The Morgan fingerprint density at radius 1 is 0.975 bits per heavy atom. The van der Waals surface area contributed by atoms with E-state index in [1.54, 1.807) is 0 Å². The Kier molecular flexibility index (Phi) is 9.31. The Morgan fingerprint density at radius 2 is 1.73 bits per heavy atom. The van der Waals surface area contributed by atoms with Gasteiger partial charge < -0.3 is 5.11 Å². The van der Waals surface area contributed by atoms with Crippen LogP contribution in [0.25, 0.3) is 22.5 Å². The number of aromatic amines is 1. The number of nitrogens with zero attached hydrogens (tertiary/aromatic N) is 6. The molecule has 2 aromatic heterocycles. The summed E-state index contributed by atoms with van der Waals surface area (Å²) in [4.78, 5) is 16.1. The average molecular weight is 542 g/mol. The van der Waals surface area contributed by atoms with Gasteiger partial charge in [-0.25, -0.2) is 14.8 Å². The van der Waals surface area contributed by atoms with Crippen LogP contribution in [0.15, 0.2) is 48.5 Å². The molecule has 0 amide bonds. The van der Waals surface area contributed by atoms with Gasteiger partial charge >= 0.3 is 5.97 Å². The Labute approximate surface area is 235 Å². The number of carboxylic acids is 1. The highest BCUT2D eigenvalue weighted by atomic mass is 16.4. The third kappa shape index (κ3) is 7.20. The van der Waals surface area contributed by atoms with Crippen LogP contribution in [0.1, 0.15) is 81.9 Å². The average Bonchev–Trinajstić information content (AvgIpc) is 3.63. The molecule has 40 heavy (non-hydrogen) atoms. The number of aliphatic carboxylic acids is 1. The van der Waals surface area contributed by atoms with Gasteiger partial charge in [-0.3, -0.25) is 4.79 Å². The largest absolute Gasteiger partial charge is 0.481 e. The van der Waals surface area contributed by atoms with Crippen molar-refractivity contribution in [3.05, 3.63) is 65.7 Å². The van der Waals surface area contributed by atoms with Gasteiger partial charge in [0.15, 0.2) is 11.6 Å². The minimum absolute atomic E-state index is 0.292. The smallest absolute Gasteiger partial charge is 0.303 e. The van der Waals surface area contributed by atoms with Gasteiger partial charge in [0.25, 0.3) is 0 Å². The van der Waals surface area contributed by atoms with Crippen LogP contribution in [0.2, 0.25) is 0 Å². The van der Waals surface area contributed by atoms with E-state index in [1.165, 1.54) is 24.8 Å². The third-order valence-electron chi connectivity index (χ3n) is 8.07. The number of unbranched alkanes of at least 4 members (excludes halogenated alkanes) is 3. The molecule has 1 aliphatic carbocycles. The third-order valence-corrected chi connectivity index (χ3v) is 8.07. The Balaban J connectivity index is 1.30. The fraction of sp³-hybridized carbons (Fsp3) is 0.484. The minimum Gasteiger partial charge on any atom is -0.481 e. The summed E-state index contributed by atoms with van der Waals surface area (Å²) in [5.41, 5.74) is 4.31. The zero-order chi connectivity index (χ0) is 27.7. The van der Waals surface area contributed by atoms with E-state index in [0.29, 0.717) is 30.6 Å². The van der Waals surface area contributed by atoms with Gasteiger partial charge in [0.1, 0.15) is 5.82 Å². The lowest BCUT2D eigenvalue weighted by atomic mass is 9.79. The van der Waals surface area contributed by atoms with E-state index < -0.39 is 5.97 Å². The molecule has 0 atom stereocenters. The van der Waals surface area contributed by atoms with Gasteiger partial charge in [-0.2, -0.15) is 5.10 Å². The normalized spacial score (nSPS) is 17.2. The van der Waals surface area contributed by atoms with Crippen LogP contribution < -0.4 is 0 Å². The molecule has 1 fully saturated rings. The lowest BCUT2D eigenvalue weighted by molar-refractivity contribution is -0.138. The summed E-state index contributed by atoms with van der Waals surface area (Å²) in [6.45, 7) is 2.91. The van der Waals surface area contributed by atoms with Crippen LogP contribution in [0.3, 0.4) is 0 Å². The van der Waals surface area contributed by atoms with Crippen molar-refractivity contribution in [2.45, 2.75) is 84.1 Å². The Bertz CT molecular complexity index is 1360. The molecular weight excluding hydrogens is 502 g/mol. The first-order chi connectivity index (χ1) is 19.6. The molecule has 0 radical (unpaired) electrons. The van der Waals surface area contributed by atoms with Gasteiger partial charge in [-0.15, -0.1) is 5.10 Å². The number of H-pyrrole nitrogens is 1. The zero-order valence-electron chi connectivity index (χ0n) is 23.3. The number of nitrogens with one attached hydrogen (secondary N) is 1. The predicted octanol–water partition coefficient (Wildman–Crippen LogP) is 6.12. The van der Waals surface area contributed by atoms with Crippen LogP contribution in [0.5, 0.6) is 0 Å². The fourth-order valence-corrected chi connectivity index (χ4v) is 5.84. The molecule has 4 aromatic rings. The molecule has 0 aliphatic heterocycles. The molecule has 0 saturated heterocycles. The van der Waals surface area contributed by atoms with Crippen LogP contribution in [0, 0.1) is 11.8 Å². The highest BCUT2D eigenvalue weighted by Gasteiger charge is 2.25. The van der Waals surface area contributed by atoms with Crippen molar-refractivity contribution in [1.29, 1.82) is 0 Å². The SMILES string of the molecule is CCCCCCc1nc(CC2CCC(CC(=O)O)CC2)n(Cc2ccc(-c3ccccc3-c3nnn[nH]3)cc2)n1.